The van der Waals surface area contributed by atoms with Crippen LogP contribution in [-0.2, 0) is 30.8 Å². The van der Waals surface area contributed by atoms with Gasteiger partial charge in [-0.3, -0.25) is 0 Å². The maximum Gasteiger partial charge on any atom is 0.410 e. The van der Waals surface area contributed by atoms with Gasteiger partial charge in [0.05, 0.1) is 17.5 Å². The predicted octanol–water partition coefficient (Wildman–Crippen LogP) is 3.22. The minimum absolute atomic E-state index is 0.194. The lowest BCUT2D eigenvalue weighted by atomic mass is 9.90. The molecule has 1 aromatic carbocycles. The van der Waals surface area contributed by atoms with Crippen LogP contribution in [0.1, 0.15) is 52.0 Å². The zero-order valence-electron chi connectivity index (χ0n) is 22.1. The summed E-state index contributed by atoms with van der Waals surface area (Å²) < 4.78 is 45.6. The molecule has 0 radical (unpaired) electrons. The summed E-state index contributed by atoms with van der Waals surface area (Å²) in [5, 5.41) is -0.539. The minimum atomic E-state index is -3.55. The van der Waals surface area contributed by atoms with Gasteiger partial charge in [-0.1, -0.05) is 30.3 Å². The molecule has 1 spiro atoms. The molecule has 3 aliphatic rings. The second kappa shape index (κ2) is 11.2. The van der Waals surface area contributed by atoms with E-state index in [4.69, 9.17) is 14.2 Å². The molecule has 0 N–H and O–H groups in total. The summed E-state index contributed by atoms with van der Waals surface area (Å²) in [6, 6.07) is 9.46. The van der Waals surface area contributed by atoms with Crippen LogP contribution in [0.25, 0.3) is 0 Å². The number of hydrogen-bond acceptors (Lipinski definition) is 7. The highest BCUT2D eigenvalue weighted by Gasteiger charge is 2.46. The lowest BCUT2D eigenvalue weighted by Gasteiger charge is -2.47. The monoisotopic (exact) mass is 537 g/mol. The van der Waals surface area contributed by atoms with E-state index in [0.29, 0.717) is 65.0 Å². The highest BCUT2D eigenvalue weighted by atomic mass is 32.2. The second-order valence-electron chi connectivity index (χ2n) is 11.1. The van der Waals surface area contributed by atoms with E-state index in [0.717, 1.165) is 5.56 Å². The lowest BCUT2D eigenvalue weighted by Crippen LogP contribution is -2.60. The number of sulfonamides is 1. The highest BCUT2D eigenvalue weighted by molar-refractivity contribution is 7.89. The molecule has 1 aromatic rings. The van der Waals surface area contributed by atoms with Crippen molar-refractivity contribution in [1.82, 2.24) is 14.1 Å². The Balaban J connectivity index is 1.28. The third-order valence-corrected chi connectivity index (χ3v) is 9.57. The fourth-order valence-electron chi connectivity index (χ4n) is 5.11. The summed E-state index contributed by atoms with van der Waals surface area (Å²) in [7, 11) is -3.55. The summed E-state index contributed by atoms with van der Waals surface area (Å²) in [5.41, 5.74) is -0.246. The van der Waals surface area contributed by atoms with Gasteiger partial charge >= 0.3 is 12.2 Å². The Hall–Kier alpha value is -2.37. The largest absolute Gasteiger partial charge is 0.445 e. The van der Waals surface area contributed by atoms with E-state index in [9.17, 15) is 18.0 Å². The number of amides is 2. The van der Waals surface area contributed by atoms with Crippen LogP contribution >= 0.6 is 0 Å². The maximum absolute atomic E-state index is 13.5. The first-order chi connectivity index (χ1) is 17.5. The lowest BCUT2D eigenvalue weighted by molar-refractivity contribution is -0.118. The van der Waals surface area contributed by atoms with Gasteiger partial charge in [0.1, 0.15) is 12.2 Å². The van der Waals surface area contributed by atoms with Crippen LogP contribution < -0.4 is 0 Å². The summed E-state index contributed by atoms with van der Waals surface area (Å²) in [4.78, 5) is 28.1. The molecule has 206 valence electrons. The molecule has 0 saturated carbocycles. The zero-order valence-corrected chi connectivity index (χ0v) is 22.9. The molecule has 11 heteroatoms. The fraction of sp³-hybridized carbons (Fsp3) is 0.692. The highest BCUT2D eigenvalue weighted by Crippen LogP contribution is 2.33. The van der Waals surface area contributed by atoms with Crippen molar-refractivity contribution in [2.45, 2.75) is 69.5 Å². The number of likely N-dealkylation sites (tertiary alicyclic amines) is 2. The van der Waals surface area contributed by atoms with E-state index >= 15 is 0 Å². The molecule has 3 fully saturated rings. The molecular formula is C26H39N3O7S. The van der Waals surface area contributed by atoms with Gasteiger partial charge in [-0.25, -0.2) is 18.0 Å². The average molecular weight is 538 g/mol. The van der Waals surface area contributed by atoms with Gasteiger partial charge in [0.2, 0.25) is 10.0 Å². The van der Waals surface area contributed by atoms with Crippen molar-refractivity contribution in [3.8, 4) is 0 Å². The normalized spacial score (nSPS) is 21.6. The van der Waals surface area contributed by atoms with Gasteiger partial charge in [-0.05, 0) is 52.0 Å². The third-order valence-electron chi connectivity index (χ3n) is 7.23. The molecule has 3 heterocycles. The van der Waals surface area contributed by atoms with Crippen LogP contribution in [0.4, 0.5) is 9.59 Å². The molecule has 3 aliphatic heterocycles. The summed E-state index contributed by atoms with van der Waals surface area (Å²) in [6.45, 7) is 8.25. The molecule has 0 aliphatic carbocycles. The Morgan fingerprint density at radius 2 is 1.59 bits per heavy atom. The number of benzene rings is 1. The number of carbonyl (C=O) groups excluding carboxylic acids is 2. The van der Waals surface area contributed by atoms with Crippen molar-refractivity contribution >= 4 is 22.2 Å². The molecule has 0 unspecified atom stereocenters. The molecule has 2 amide bonds. The van der Waals surface area contributed by atoms with Crippen molar-refractivity contribution < 1.29 is 32.2 Å². The van der Waals surface area contributed by atoms with E-state index in [1.165, 1.54) is 0 Å². The Morgan fingerprint density at radius 3 is 2.22 bits per heavy atom. The topological polar surface area (TPSA) is 106 Å². The van der Waals surface area contributed by atoms with E-state index in [-0.39, 0.29) is 19.2 Å². The van der Waals surface area contributed by atoms with E-state index in [1.54, 1.807) is 14.1 Å². The van der Waals surface area contributed by atoms with E-state index < -0.39 is 32.6 Å². The predicted molar refractivity (Wildman–Crippen MR) is 137 cm³/mol. The smallest absolute Gasteiger partial charge is 0.410 e. The number of piperidine rings is 2. The molecule has 0 atom stereocenters. The standard InChI is InChI=1S/C26H39N3O7S/c1-25(2,3)36-24(31)28-15-11-26(12-16-28)20-29(17-18-35-26)37(32,33)22-9-13-27(14-10-22)23(30)34-19-21-7-5-4-6-8-21/h4-8,22H,9-20H2,1-3H3. The SMILES string of the molecule is CC(C)(C)OC(=O)N1CCC2(CC1)CN(S(=O)(=O)C1CCN(C(=O)OCc3ccccc3)CC1)CCO2. The number of hydrogen-bond donors (Lipinski definition) is 0. The van der Waals surface area contributed by atoms with Crippen molar-refractivity contribution in [3.63, 3.8) is 0 Å². The molecule has 0 aromatic heterocycles. The van der Waals surface area contributed by atoms with Crippen LogP contribution in [0.5, 0.6) is 0 Å². The number of morpholine rings is 1. The van der Waals surface area contributed by atoms with Crippen LogP contribution in [0, 0.1) is 0 Å². The molecular weight excluding hydrogens is 498 g/mol. The molecule has 10 nitrogen and oxygen atoms in total. The molecule has 4 rings (SSSR count). The zero-order chi connectivity index (χ0) is 26.7. The Kier molecular flexibility index (Phi) is 8.35. The van der Waals surface area contributed by atoms with Gasteiger partial charge < -0.3 is 24.0 Å². The van der Waals surface area contributed by atoms with Gasteiger partial charge in [-0.2, -0.15) is 4.31 Å². The summed E-state index contributed by atoms with van der Waals surface area (Å²) in [6.07, 6.45) is 1.10. The average Bonchev–Trinajstić information content (AvgIpc) is 2.87. The first-order valence-electron chi connectivity index (χ1n) is 13.0. The maximum atomic E-state index is 13.5. The Labute approximate surface area is 219 Å². The third kappa shape index (κ3) is 6.94. The van der Waals surface area contributed by atoms with Gasteiger partial charge in [0.25, 0.3) is 0 Å². The van der Waals surface area contributed by atoms with Gasteiger partial charge in [-0.15, -0.1) is 0 Å². The quantitative estimate of drug-likeness (QED) is 0.581. The van der Waals surface area contributed by atoms with Gasteiger partial charge in [0, 0.05) is 39.3 Å². The van der Waals surface area contributed by atoms with E-state index in [2.05, 4.69) is 0 Å². The molecule has 0 bridgehead atoms. The number of carbonyl (C=O) groups is 2. The summed E-state index contributed by atoms with van der Waals surface area (Å²) >= 11 is 0. The van der Waals surface area contributed by atoms with Crippen molar-refractivity contribution in [2.24, 2.45) is 0 Å². The van der Waals surface area contributed by atoms with Crippen molar-refractivity contribution in [1.29, 1.82) is 0 Å². The number of rotatable bonds is 4. The van der Waals surface area contributed by atoms with Crippen LogP contribution in [0.2, 0.25) is 0 Å². The Morgan fingerprint density at radius 1 is 0.973 bits per heavy atom. The first kappa shape index (κ1) is 27.7. The van der Waals surface area contributed by atoms with Crippen LogP contribution in [-0.4, -0.2) is 97.0 Å². The van der Waals surface area contributed by atoms with Gasteiger partial charge in [0.15, 0.2) is 0 Å². The fourth-order valence-corrected chi connectivity index (χ4v) is 7.08. The Bertz CT molecular complexity index is 1040. The number of ether oxygens (including phenoxy) is 3. The molecule has 37 heavy (non-hydrogen) atoms. The minimum Gasteiger partial charge on any atom is -0.445 e. The first-order valence-corrected chi connectivity index (χ1v) is 14.5. The second-order valence-corrected chi connectivity index (χ2v) is 13.3. The summed E-state index contributed by atoms with van der Waals surface area (Å²) in [5.74, 6) is 0. The van der Waals surface area contributed by atoms with E-state index in [1.807, 2.05) is 51.1 Å². The van der Waals surface area contributed by atoms with Crippen LogP contribution in [0.15, 0.2) is 30.3 Å². The molecule has 3 saturated heterocycles. The van der Waals surface area contributed by atoms with Crippen molar-refractivity contribution in [2.75, 3.05) is 45.9 Å². The van der Waals surface area contributed by atoms with Crippen LogP contribution in [0.3, 0.4) is 0 Å². The number of nitrogens with zero attached hydrogens (tertiary/aromatic N) is 3. The van der Waals surface area contributed by atoms with Crippen molar-refractivity contribution in [3.05, 3.63) is 35.9 Å².